The Bertz CT molecular complexity index is 505. The summed E-state index contributed by atoms with van der Waals surface area (Å²) < 4.78 is 1.84. The Balaban J connectivity index is 1.81. The van der Waals surface area contributed by atoms with E-state index >= 15 is 0 Å². The molecule has 0 aliphatic rings. The topological polar surface area (TPSA) is 54.3 Å². The van der Waals surface area contributed by atoms with Crippen LogP contribution in [0, 0.1) is 0 Å². The van der Waals surface area contributed by atoms with Gasteiger partial charge in [0.05, 0.1) is 6.42 Å². The average molecular weight is 264 g/mol. The molecule has 2 heterocycles. The Labute approximate surface area is 110 Å². The number of amides is 1. The van der Waals surface area contributed by atoms with E-state index in [1.54, 1.807) is 11.3 Å². The summed E-state index contributed by atoms with van der Waals surface area (Å²) in [5.41, 5.74) is 1.80. The predicted octanol–water partition coefficient (Wildman–Crippen LogP) is 1.48. The first-order valence-corrected chi connectivity index (χ1v) is 6.68. The fourth-order valence-corrected chi connectivity index (χ4v) is 2.45. The fourth-order valence-electron chi connectivity index (χ4n) is 1.78. The molecule has 0 saturated heterocycles. The van der Waals surface area contributed by atoms with Crippen LogP contribution in [0.25, 0.3) is 0 Å². The van der Waals surface area contributed by atoms with Crippen LogP contribution >= 0.6 is 11.3 Å². The van der Waals surface area contributed by atoms with Gasteiger partial charge in [-0.1, -0.05) is 0 Å². The zero-order valence-electron chi connectivity index (χ0n) is 10.2. The summed E-state index contributed by atoms with van der Waals surface area (Å²) in [4.78, 5) is 11.6. The van der Waals surface area contributed by atoms with Crippen molar-refractivity contribution in [2.24, 2.45) is 7.05 Å². The summed E-state index contributed by atoms with van der Waals surface area (Å²) in [7, 11) is 1.87. The molecule has 0 radical (unpaired) electrons. The van der Waals surface area contributed by atoms with Crippen LogP contribution in [0.5, 0.6) is 0 Å². The number of hydrogen-bond acceptors (Lipinski definition) is 3. The number of nitrogens with zero attached hydrogens (tertiary/aromatic N) is 1. The smallest absolute Gasteiger partial charge is 0.224 e. The van der Waals surface area contributed by atoms with Crippen molar-refractivity contribution in [2.75, 3.05) is 6.54 Å². The van der Waals surface area contributed by atoms with Crippen LogP contribution in [-0.2, 0) is 18.3 Å². The average Bonchev–Trinajstić information content (AvgIpc) is 2.97. The van der Waals surface area contributed by atoms with E-state index in [0.717, 1.165) is 11.3 Å². The Morgan fingerprint density at radius 3 is 3.00 bits per heavy atom. The van der Waals surface area contributed by atoms with E-state index in [0.29, 0.717) is 6.42 Å². The molecule has 1 unspecified atom stereocenters. The van der Waals surface area contributed by atoms with Crippen LogP contribution in [0.3, 0.4) is 0 Å². The molecule has 0 aromatic carbocycles. The van der Waals surface area contributed by atoms with Gasteiger partial charge in [0.25, 0.3) is 0 Å². The summed E-state index contributed by atoms with van der Waals surface area (Å²) in [6.07, 6.45) is 1.56. The molecular weight excluding hydrogens is 248 g/mol. The lowest BCUT2D eigenvalue weighted by Crippen LogP contribution is -2.30. The summed E-state index contributed by atoms with van der Waals surface area (Å²) in [5, 5.41) is 16.6. The third kappa shape index (κ3) is 3.21. The van der Waals surface area contributed by atoms with E-state index in [2.05, 4.69) is 5.32 Å². The van der Waals surface area contributed by atoms with Gasteiger partial charge in [-0.3, -0.25) is 4.79 Å². The Kier molecular flexibility index (Phi) is 4.17. The van der Waals surface area contributed by atoms with E-state index in [4.69, 9.17) is 0 Å². The van der Waals surface area contributed by atoms with Gasteiger partial charge in [-0.05, 0) is 34.5 Å². The highest BCUT2D eigenvalue weighted by Crippen LogP contribution is 2.11. The minimum atomic E-state index is -0.670. The minimum absolute atomic E-state index is 0.0679. The van der Waals surface area contributed by atoms with Crippen LogP contribution in [0.1, 0.15) is 17.4 Å². The van der Waals surface area contributed by atoms with Gasteiger partial charge in [-0.25, -0.2) is 0 Å². The molecule has 0 bridgehead atoms. The van der Waals surface area contributed by atoms with Gasteiger partial charge in [-0.2, -0.15) is 11.3 Å². The monoisotopic (exact) mass is 264 g/mol. The van der Waals surface area contributed by atoms with Crippen molar-refractivity contribution in [3.63, 3.8) is 0 Å². The summed E-state index contributed by atoms with van der Waals surface area (Å²) in [5.74, 6) is -0.0679. The van der Waals surface area contributed by atoms with E-state index in [-0.39, 0.29) is 12.5 Å². The van der Waals surface area contributed by atoms with Gasteiger partial charge in [0.2, 0.25) is 5.91 Å². The number of nitrogens with one attached hydrogen (secondary N) is 1. The van der Waals surface area contributed by atoms with E-state index < -0.39 is 6.10 Å². The van der Waals surface area contributed by atoms with Crippen LogP contribution in [0.15, 0.2) is 35.2 Å². The second-order valence-electron chi connectivity index (χ2n) is 4.17. The maximum Gasteiger partial charge on any atom is 0.224 e. The van der Waals surface area contributed by atoms with Gasteiger partial charge < -0.3 is 15.0 Å². The van der Waals surface area contributed by atoms with Gasteiger partial charge in [0, 0.05) is 25.5 Å². The number of hydrogen-bond donors (Lipinski definition) is 2. The van der Waals surface area contributed by atoms with Crippen molar-refractivity contribution in [2.45, 2.75) is 12.5 Å². The molecule has 2 aromatic heterocycles. The number of aromatic nitrogens is 1. The van der Waals surface area contributed by atoms with E-state index in [1.165, 1.54) is 0 Å². The minimum Gasteiger partial charge on any atom is -0.385 e. The largest absolute Gasteiger partial charge is 0.385 e. The molecule has 5 heteroatoms. The highest BCUT2D eigenvalue weighted by atomic mass is 32.1. The van der Waals surface area contributed by atoms with Crippen molar-refractivity contribution in [3.8, 4) is 0 Å². The molecule has 0 aliphatic heterocycles. The van der Waals surface area contributed by atoms with Gasteiger partial charge >= 0.3 is 0 Å². The molecular formula is C13H16N2O2S. The third-order valence-electron chi connectivity index (χ3n) is 2.76. The first-order valence-electron chi connectivity index (χ1n) is 5.74. The molecule has 0 spiro atoms. The Hall–Kier alpha value is -1.59. The number of carbonyl (C=O) groups excluding carboxylic acids is 1. The quantitative estimate of drug-likeness (QED) is 0.859. The van der Waals surface area contributed by atoms with Crippen LogP contribution in [0.4, 0.5) is 0 Å². The third-order valence-corrected chi connectivity index (χ3v) is 3.49. The number of rotatable bonds is 5. The predicted molar refractivity (Wildman–Crippen MR) is 71.4 cm³/mol. The molecule has 0 aliphatic carbocycles. The Morgan fingerprint density at radius 1 is 1.56 bits per heavy atom. The molecule has 1 atom stereocenters. The summed E-state index contributed by atoms with van der Waals surface area (Å²) >= 11 is 1.57. The Morgan fingerprint density at radius 2 is 2.39 bits per heavy atom. The molecule has 2 aromatic rings. The fraction of sp³-hybridized carbons (Fsp3) is 0.308. The zero-order chi connectivity index (χ0) is 13.0. The van der Waals surface area contributed by atoms with Crippen molar-refractivity contribution in [3.05, 3.63) is 46.4 Å². The van der Waals surface area contributed by atoms with Crippen molar-refractivity contribution < 1.29 is 9.90 Å². The maximum absolute atomic E-state index is 11.6. The standard InChI is InChI=1S/C13H16N2O2S/c1-15-5-2-3-11(15)12(16)8-14-13(17)7-10-4-6-18-9-10/h2-6,9,12,16H,7-8H2,1H3,(H,14,17). The van der Waals surface area contributed by atoms with Crippen LogP contribution < -0.4 is 5.32 Å². The number of thiophene rings is 1. The molecule has 2 N–H and O–H groups in total. The molecule has 0 fully saturated rings. The number of aryl methyl sites for hydroxylation is 1. The first kappa shape index (κ1) is 12.9. The summed E-state index contributed by atoms with van der Waals surface area (Å²) in [6.45, 7) is 0.237. The lowest BCUT2D eigenvalue weighted by molar-refractivity contribution is -0.120. The van der Waals surface area contributed by atoms with Crippen molar-refractivity contribution in [1.82, 2.24) is 9.88 Å². The number of aliphatic hydroxyl groups is 1. The highest BCUT2D eigenvalue weighted by molar-refractivity contribution is 7.07. The number of aliphatic hydroxyl groups excluding tert-OH is 1. The van der Waals surface area contributed by atoms with Crippen LogP contribution in [0.2, 0.25) is 0 Å². The van der Waals surface area contributed by atoms with Gasteiger partial charge in [0.15, 0.2) is 0 Å². The second-order valence-corrected chi connectivity index (χ2v) is 4.95. The molecule has 18 heavy (non-hydrogen) atoms. The SMILES string of the molecule is Cn1cccc1C(O)CNC(=O)Cc1ccsc1. The van der Waals surface area contributed by atoms with Crippen LogP contribution in [-0.4, -0.2) is 22.1 Å². The zero-order valence-corrected chi connectivity index (χ0v) is 11.0. The lowest BCUT2D eigenvalue weighted by atomic mass is 10.2. The lowest BCUT2D eigenvalue weighted by Gasteiger charge is -2.12. The molecule has 96 valence electrons. The van der Waals surface area contributed by atoms with E-state index in [1.807, 2.05) is 46.8 Å². The second kappa shape index (κ2) is 5.84. The highest BCUT2D eigenvalue weighted by Gasteiger charge is 2.12. The van der Waals surface area contributed by atoms with Crippen molar-refractivity contribution in [1.29, 1.82) is 0 Å². The summed E-state index contributed by atoms with van der Waals surface area (Å²) in [6, 6.07) is 5.64. The molecule has 2 rings (SSSR count). The normalized spacial score (nSPS) is 12.3. The first-order chi connectivity index (χ1) is 8.66. The maximum atomic E-state index is 11.6. The van der Waals surface area contributed by atoms with E-state index in [9.17, 15) is 9.90 Å². The molecule has 1 amide bonds. The molecule has 4 nitrogen and oxygen atoms in total. The van der Waals surface area contributed by atoms with Gasteiger partial charge in [-0.15, -0.1) is 0 Å². The number of carbonyl (C=O) groups is 1. The molecule has 0 saturated carbocycles. The van der Waals surface area contributed by atoms with Crippen molar-refractivity contribution >= 4 is 17.2 Å². The van der Waals surface area contributed by atoms with Gasteiger partial charge in [0.1, 0.15) is 6.10 Å².